The molecule has 1 aromatic heterocycles. The predicted molar refractivity (Wildman–Crippen MR) is 122 cm³/mol. The lowest BCUT2D eigenvalue weighted by molar-refractivity contribution is -0.154. The standard InChI is InChI=1S/C25H24F3NO7/c1-2-11-34-24(32)15-3-5-16(6-4-15)35-22-20(31)17-7-8-19(30)18(14-29-9-12-33-13-10-29)21(17)36-23(22)25(26,27)28/h3-8,30H,2,9-14H2,1H3. The van der Waals surface area contributed by atoms with Crippen molar-refractivity contribution in [2.75, 3.05) is 32.9 Å². The van der Waals surface area contributed by atoms with E-state index in [2.05, 4.69) is 0 Å². The van der Waals surface area contributed by atoms with Crippen molar-refractivity contribution in [3.8, 4) is 17.2 Å². The first kappa shape index (κ1) is 25.5. The van der Waals surface area contributed by atoms with E-state index >= 15 is 0 Å². The molecule has 0 saturated carbocycles. The molecule has 2 heterocycles. The van der Waals surface area contributed by atoms with E-state index in [-0.39, 0.29) is 46.7 Å². The summed E-state index contributed by atoms with van der Waals surface area (Å²) in [6.45, 7) is 4.04. The molecule has 36 heavy (non-hydrogen) atoms. The van der Waals surface area contributed by atoms with E-state index in [0.29, 0.717) is 32.7 Å². The van der Waals surface area contributed by atoms with Crippen LogP contribution in [-0.2, 0) is 22.2 Å². The van der Waals surface area contributed by atoms with Crippen LogP contribution in [0, 0.1) is 0 Å². The minimum atomic E-state index is -5.06. The number of hydrogen-bond acceptors (Lipinski definition) is 8. The Morgan fingerprint density at radius 3 is 2.44 bits per heavy atom. The zero-order valence-electron chi connectivity index (χ0n) is 19.4. The number of ether oxygens (including phenoxy) is 3. The van der Waals surface area contributed by atoms with Gasteiger partial charge in [-0.15, -0.1) is 0 Å². The van der Waals surface area contributed by atoms with E-state index in [9.17, 15) is 27.9 Å². The molecule has 4 rings (SSSR count). The van der Waals surface area contributed by atoms with Gasteiger partial charge in [0.25, 0.3) is 5.76 Å². The van der Waals surface area contributed by atoms with Crippen molar-refractivity contribution in [1.29, 1.82) is 0 Å². The summed E-state index contributed by atoms with van der Waals surface area (Å²) in [5.74, 6) is -3.65. The van der Waals surface area contributed by atoms with Gasteiger partial charge in [-0.05, 0) is 42.8 Å². The molecule has 11 heteroatoms. The number of nitrogens with zero attached hydrogens (tertiary/aromatic N) is 1. The molecule has 1 saturated heterocycles. The maximum atomic E-state index is 14.0. The van der Waals surface area contributed by atoms with Gasteiger partial charge in [-0.3, -0.25) is 9.69 Å². The van der Waals surface area contributed by atoms with Gasteiger partial charge < -0.3 is 23.7 Å². The molecule has 2 aromatic carbocycles. The lowest BCUT2D eigenvalue weighted by Gasteiger charge is -2.27. The van der Waals surface area contributed by atoms with Gasteiger partial charge in [-0.2, -0.15) is 13.2 Å². The topological polar surface area (TPSA) is 98.4 Å². The Kier molecular flexibility index (Phi) is 7.51. The number of morpholine rings is 1. The number of esters is 1. The zero-order chi connectivity index (χ0) is 25.9. The molecule has 0 unspecified atom stereocenters. The highest BCUT2D eigenvalue weighted by atomic mass is 19.4. The van der Waals surface area contributed by atoms with Crippen LogP contribution in [0.3, 0.4) is 0 Å². The summed E-state index contributed by atoms with van der Waals surface area (Å²) in [5, 5.41) is 10.2. The molecule has 192 valence electrons. The molecule has 0 spiro atoms. The number of alkyl halides is 3. The fourth-order valence-corrected chi connectivity index (χ4v) is 3.76. The van der Waals surface area contributed by atoms with Crippen LogP contribution >= 0.6 is 0 Å². The molecule has 0 radical (unpaired) electrons. The molecule has 0 atom stereocenters. The molecule has 1 N–H and O–H groups in total. The van der Waals surface area contributed by atoms with Crippen LogP contribution in [-0.4, -0.2) is 48.9 Å². The normalized spacial score (nSPS) is 14.7. The lowest BCUT2D eigenvalue weighted by Crippen LogP contribution is -2.35. The molecule has 0 bridgehead atoms. The summed E-state index contributed by atoms with van der Waals surface area (Å²) >= 11 is 0. The Morgan fingerprint density at radius 1 is 1.11 bits per heavy atom. The van der Waals surface area contributed by atoms with Crippen LogP contribution in [0.15, 0.2) is 45.6 Å². The Hall–Kier alpha value is -3.57. The second-order valence-electron chi connectivity index (χ2n) is 8.18. The van der Waals surface area contributed by atoms with Crippen molar-refractivity contribution in [2.45, 2.75) is 26.1 Å². The molecule has 0 aliphatic carbocycles. The number of carbonyl (C=O) groups is 1. The SMILES string of the molecule is CCCOC(=O)c1ccc(Oc2c(C(F)(F)F)oc3c(CN4CCOCC4)c(O)ccc3c2=O)cc1. The van der Waals surface area contributed by atoms with Crippen molar-refractivity contribution in [3.63, 3.8) is 0 Å². The van der Waals surface area contributed by atoms with Crippen molar-refractivity contribution in [3.05, 3.63) is 63.5 Å². The second kappa shape index (κ2) is 10.6. The molecule has 1 aliphatic heterocycles. The first-order valence-electron chi connectivity index (χ1n) is 11.3. The monoisotopic (exact) mass is 507 g/mol. The number of fused-ring (bicyclic) bond motifs is 1. The van der Waals surface area contributed by atoms with E-state index in [1.165, 1.54) is 36.4 Å². The van der Waals surface area contributed by atoms with Gasteiger partial charge in [-0.25, -0.2) is 4.79 Å². The van der Waals surface area contributed by atoms with Gasteiger partial charge in [0.1, 0.15) is 17.1 Å². The summed E-state index contributed by atoms with van der Waals surface area (Å²) in [6, 6.07) is 7.59. The first-order valence-corrected chi connectivity index (χ1v) is 11.3. The Bertz CT molecular complexity index is 1300. The highest BCUT2D eigenvalue weighted by molar-refractivity contribution is 5.89. The Morgan fingerprint density at radius 2 is 1.81 bits per heavy atom. The van der Waals surface area contributed by atoms with E-state index in [1.807, 2.05) is 11.8 Å². The van der Waals surface area contributed by atoms with E-state index < -0.39 is 29.1 Å². The molecule has 0 amide bonds. The van der Waals surface area contributed by atoms with Crippen LogP contribution in [0.4, 0.5) is 13.2 Å². The third-order valence-corrected chi connectivity index (χ3v) is 5.59. The van der Waals surface area contributed by atoms with Crippen molar-refractivity contribution < 1.29 is 41.7 Å². The summed E-state index contributed by atoms with van der Waals surface area (Å²) in [5.41, 5.74) is -1.16. The number of benzene rings is 2. The number of rotatable bonds is 7. The van der Waals surface area contributed by atoms with Gasteiger partial charge in [0, 0.05) is 19.6 Å². The summed E-state index contributed by atoms with van der Waals surface area (Å²) in [4.78, 5) is 27.0. The van der Waals surface area contributed by atoms with E-state index in [1.54, 1.807) is 0 Å². The van der Waals surface area contributed by atoms with Gasteiger partial charge in [0.05, 0.1) is 36.3 Å². The molecule has 1 fully saturated rings. The van der Waals surface area contributed by atoms with Crippen LogP contribution < -0.4 is 10.2 Å². The molecular formula is C25H24F3NO7. The lowest BCUT2D eigenvalue weighted by atomic mass is 10.1. The third kappa shape index (κ3) is 5.47. The molecule has 1 aliphatic rings. The number of phenolic OH excluding ortho intramolecular Hbond substituents is 1. The average Bonchev–Trinajstić information content (AvgIpc) is 2.86. The van der Waals surface area contributed by atoms with Crippen LogP contribution in [0.2, 0.25) is 0 Å². The molecule has 8 nitrogen and oxygen atoms in total. The second-order valence-corrected chi connectivity index (χ2v) is 8.18. The van der Waals surface area contributed by atoms with Crippen molar-refractivity contribution in [2.24, 2.45) is 0 Å². The van der Waals surface area contributed by atoms with Crippen LogP contribution in [0.25, 0.3) is 11.0 Å². The van der Waals surface area contributed by atoms with E-state index in [0.717, 1.165) is 0 Å². The third-order valence-electron chi connectivity index (χ3n) is 5.59. The molecular weight excluding hydrogens is 483 g/mol. The Balaban J connectivity index is 1.74. The fourth-order valence-electron chi connectivity index (χ4n) is 3.76. The van der Waals surface area contributed by atoms with Gasteiger partial charge >= 0.3 is 12.1 Å². The number of phenols is 1. The van der Waals surface area contributed by atoms with Gasteiger partial charge in [-0.1, -0.05) is 6.92 Å². The highest BCUT2D eigenvalue weighted by Crippen LogP contribution is 2.40. The van der Waals surface area contributed by atoms with Crippen molar-refractivity contribution >= 4 is 16.9 Å². The van der Waals surface area contributed by atoms with Crippen LogP contribution in [0.5, 0.6) is 17.2 Å². The summed E-state index contributed by atoms with van der Waals surface area (Å²) in [7, 11) is 0. The smallest absolute Gasteiger partial charge is 0.453 e. The summed E-state index contributed by atoms with van der Waals surface area (Å²) < 4.78 is 62.8. The van der Waals surface area contributed by atoms with Gasteiger partial charge in [0.15, 0.2) is 0 Å². The quantitative estimate of drug-likeness (QED) is 0.460. The maximum Gasteiger partial charge on any atom is 0.453 e. The fraction of sp³-hybridized carbons (Fsp3) is 0.360. The number of hydrogen-bond donors (Lipinski definition) is 1. The van der Waals surface area contributed by atoms with Crippen molar-refractivity contribution in [1.82, 2.24) is 4.90 Å². The largest absolute Gasteiger partial charge is 0.507 e. The number of halogens is 3. The average molecular weight is 507 g/mol. The zero-order valence-corrected chi connectivity index (χ0v) is 19.4. The van der Waals surface area contributed by atoms with Crippen LogP contribution in [0.1, 0.15) is 35.0 Å². The molecule has 3 aromatic rings. The van der Waals surface area contributed by atoms with Gasteiger partial charge in [0.2, 0.25) is 11.2 Å². The summed E-state index contributed by atoms with van der Waals surface area (Å²) in [6.07, 6.45) is -4.43. The number of carbonyl (C=O) groups excluding carboxylic acids is 1. The minimum absolute atomic E-state index is 0.0681. The van der Waals surface area contributed by atoms with E-state index in [4.69, 9.17) is 18.6 Å². The predicted octanol–water partition coefficient (Wildman–Crippen LogP) is 4.71. The Labute approximate surface area is 203 Å². The highest BCUT2D eigenvalue weighted by Gasteiger charge is 2.41. The number of aromatic hydroxyl groups is 1. The first-order chi connectivity index (χ1) is 17.2. The minimum Gasteiger partial charge on any atom is -0.507 e. The maximum absolute atomic E-state index is 14.0.